The molecular formula is C27H32N3O4+. The second kappa shape index (κ2) is 7.48. The van der Waals surface area contributed by atoms with Crippen LogP contribution in [-0.2, 0) is 25.7 Å². The summed E-state index contributed by atoms with van der Waals surface area (Å²) in [5, 5.41) is 0. The predicted molar refractivity (Wildman–Crippen MR) is 120 cm³/mol. The van der Waals surface area contributed by atoms with Crippen molar-refractivity contribution in [1.82, 2.24) is 9.80 Å². The van der Waals surface area contributed by atoms with Crippen LogP contribution >= 0.6 is 0 Å². The zero-order chi connectivity index (χ0) is 23.1. The van der Waals surface area contributed by atoms with Crippen LogP contribution in [-0.4, -0.2) is 46.8 Å². The van der Waals surface area contributed by atoms with E-state index < -0.39 is 0 Å². The third-order valence-corrected chi connectivity index (χ3v) is 10.1. The number of hydrogen-bond donors (Lipinski definition) is 1. The van der Waals surface area contributed by atoms with E-state index in [0.717, 1.165) is 49.0 Å². The molecule has 0 spiro atoms. The van der Waals surface area contributed by atoms with Crippen molar-refractivity contribution in [3.63, 3.8) is 0 Å². The highest BCUT2D eigenvalue weighted by molar-refractivity contribution is 6.06. The van der Waals surface area contributed by atoms with Gasteiger partial charge in [0.1, 0.15) is 6.54 Å². The van der Waals surface area contributed by atoms with Crippen molar-refractivity contribution in [3.05, 3.63) is 35.9 Å². The number of amides is 4. The number of nitrogens with one attached hydrogen (secondary N) is 1. The first-order chi connectivity index (χ1) is 16.5. The number of imide groups is 2. The Morgan fingerprint density at radius 1 is 0.618 bits per heavy atom. The summed E-state index contributed by atoms with van der Waals surface area (Å²) in [6.45, 7) is 0.996. The topological polar surface area (TPSA) is 79.2 Å². The van der Waals surface area contributed by atoms with Crippen LogP contribution in [0.2, 0.25) is 0 Å². The highest BCUT2D eigenvalue weighted by Crippen LogP contribution is 2.57. The third-order valence-electron chi connectivity index (χ3n) is 10.1. The zero-order valence-corrected chi connectivity index (χ0v) is 19.4. The first-order valence-electron chi connectivity index (χ1n) is 13.1. The minimum Gasteiger partial charge on any atom is -0.296 e. The van der Waals surface area contributed by atoms with Crippen LogP contribution in [0.4, 0.5) is 0 Å². The Kier molecular flexibility index (Phi) is 4.57. The van der Waals surface area contributed by atoms with Crippen LogP contribution in [0.3, 0.4) is 0 Å². The lowest BCUT2D eigenvalue weighted by molar-refractivity contribution is -0.928. The van der Waals surface area contributed by atoms with E-state index in [9.17, 15) is 19.2 Å². The summed E-state index contributed by atoms with van der Waals surface area (Å²) in [4.78, 5) is 57.2. The van der Waals surface area contributed by atoms with Crippen molar-refractivity contribution in [3.8, 4) is 0 Å². The normalized spacial score (nSPS) is 39.8. The molecule has 8 atom stereocenters. The standard InChI is InChI=1S/C27H31N3O4/c31-24-20-16-6-7-17(10-16)21(20)25(32)29(24)13-28(12-15-4-2-1-3-5-15)14-30-26(33)22-18-8-9-19(11-18)23(22)27(30)34/h1-5,16-23H,6-14H2/p+1/t16-,17+,18-,19+,20-,21+,22-,23+. The number of benzene rings is 1. The van der Waals surface area contributed by atoms with Crippen molar-refractivity contribution in [2.75, 3.05) is 13.3 Å². The lowest BCUT2D eigenvalue weighted by Crippen LogP contribution is -3.14. The number of carbonyl (C=O) groups excluding carboxylic acids is 4. The van der Waals surface area contributed by atoms with Gasteiger partial charge in [-0.15, -0.1) is 0 Å². The Morgan fingerprint density at radius 3 is 1.38 bits per heavy atom. The van der Waals surface area contributed by atoms with Gasteiger partial charge in [-0.05, 0) is 62.2 Å². The zero-order valence-electron chi connectivity index (χ0n) is 19.4. The molecule has 1 aromatic carbocycles. The van der Waals surface area contributed by atoms with Gasteiger partial charge in [0.15, 0.2) is 13.3 Å². The van der Waals surface area contributed by atoms with Crippen LogP contribution < -0.4 is 4.90 Å². The fraction of sp³-hybridized carbons (Fsp3) is 0.630. The van der Waals surface area contributed by atoms with Crippen LogP contribution in [0, 0.1) is 47.3 Å². The molecule has 4 saturated carbocycles. The number of fused-ring (bicyclic) bond motifs is 10. The molecule has 4 amide bonds. The summed E-state index contributed by atoms with van der Waals surface area (Å²) in [6.07, 6.45) is 6.26. The number of carbonyl (C=O) groups is 4. The number of rotatable bonds is 6. The Morgan fingerprint density at radius 2 is 1.00 bits per heavy atom. The number of quaternary nitrogens is 1. The van der Waals surface area contributed by atoms with Crippen LogP contribution in [0.25, 0.3) is 0 Å². The van der Waals surface area contributed by atoms with Gasteiger partial charge in [-0.3, -0.25) is 24.1 Å². The molecule has 34 heavy (non-hydrogen) atoms. The minimum absolute atomic E-state index is 0.0262. The van der Waals surface area contributed by atoms with Gasteiger partial charge < -0.3 is 0 Å². The molecule has 2 aliphatic heterocycles. The van der Waals surface area contributed by atoms with Crippen molar-refractivity contribution in [2.45, 2.75) is 45.1 Å². The highest BCUT2D eigenvalue weighted by Gasteiger charge is 2.63. The lowest BCUT2D eigenvalue weighted by atomic mass is 9.81. The number of hydrogen-bond acceptors (Lipinski definition) is 4. The predicted octanol–water partition coefficient (Wildman–Crippen LogP) is 1.05. The van der Waals surface area contributed by atoms with Gasteiger partial charge in [0, 0.05) is 5.56 Å². The Hall–Kier alpha value is -2.54. The van der Waals surface area contributed by atoms with Gasteiger partial charge in [-0.1, -0.05) is 30.3 Å². The molecule has 0 unspecified atom stereocenters. The van der Waals surface area contributed by atoms with Gasteiger partial charge in [0.25, 0.3) is 0 Å². The lowest BCUT2D eigenvalue weighted by Gasteiger charge is -2.28. The maximum atomic E-state index is 13.3. The van der Waals surface area contributed by atoms with Crippen molar-refractivity contribution < 1.29 is 24.1 Å². The molecule has 6 aliphatic rings. The molecule has 0 aromatic heterocycles. The van der Waals surface area contributed by atoms with E-state index in [2.05, 4.69) is 0 Å². The number of likely N-dealkylation sites (tertiary alicyclic amines) is 2. The molecule has 4 bridgehead atoms. The maximum absolute atomic E-state index is 13.3. The Bertz CT molecular complexity index is 953. The van der Waals surface area contributed by atoms with Crippen molar-refractivity contribution >= 4 is 23.6 Å². The van der Waals surface area contributed by atoms with E-state index in [1.807, 2.05) is 30.3 Å². The van der Waals surface area contributed by atoms with Gasteiger partial charge in [-0.2, -0.15) is 0 Å². The summed E-state index contributed by atoms with van der Waals surface area (Å²) >= 11 is 0. The molecule has 2 saturated heterocycles. The second-order valence-electron chi connectivity index (χ2n) is 11.7. The summed E-state index contributed by atoms with van der Waals surface area (Å²) in [5.41, 5.74) is 1.07. The largest absolute Gasteiger partial charge is 0.296 e. The first kappa shape index (κ1) is 20.8. The van der Waals surface area contributed by atoms with Crippen LogP contribution in [0.1, 0.15) is 44.1 Å². The van der Waals surface area contributed by atoms with E-state index >= 15 is 0 Å². The van der Waals surface area contributed by atoms with Gasteiger partial charge in [0.2, 0.25) is 23.6 Å². The van der Waals surface area contributed by atoms with Crippen LogP contribution in [0.5, 0.6) is 0 Å². The molecule has 7 rings (SSSR count). The quantitative estimate of drug-likeness (QED) is 0.641. The summed E-state index contributed by atoms with van der Waals surface area (Å²) in [7, 11) is 0. The van der Waals surface area contributed by atoms with Crippen molar-refractivity contribution in [1.29, 1.82) is 0 Å². The Labute approximate surface area is 199 Å². The third kappa shape index (κ3) is 2.85. The molecule has 178 valence electrons. The summed E-state index contributed by atoms with van der Waals surface area (Å²) in [5.74, 6) is 0.728. The van der Waals surface area contributed by atoms with E-state index in [-0.39, 0.29) is 60.6 Å². The second-order valence-corrected chi connectivity index (χ2v) is 11.7. The van der Waals surface area contributed by atoms with E-state index in [1.165, 1.54) is 9.80 Å². The molecular weight excluding hydrogens is 430 g/mol. The van der Waals surface area contributed by atoms with Crippen LogP contribution in [0.15, 0.2) is 30.3 Å². The monoisotopic (exact) mass is 462 g/mol. The minimum atomic E-state index is -0.144. The highest BCUT2D eigenvalue weighted by atomic mass is 16.2. The molecule has 6 fully saturated rings. The average Bonchev–Trinajstić information content (AvgIpc) is 3.68. The summed E-state index contributed by atoms with van der Waals surface area (Å²) < 4.78 is 0. The molecule has 0 radical (unpaired) electrons. The van der Waals surface area contributed by atoms with Gasteiger partial charge in [-0.25, -0.2) is 9.80 Å². The van der Waals surface area contributed by atoms with E-state index in [4.69, 9.17) is 0 Å². The molecule has 2 heterocycles. The smallest absolute Gasteiger partial charge is 0.237 e. The SMILES string of the molecule is O=C1[C@@H]2[C@@H]3CC[C@@H](C3)[C@@H]2C(=O)N1C[NH+](Cc1ccccc1)CN1C(=O)[C@@H]2[C@@H]3CC[C@@H](C3)[C@@H]2C1=O. The molecule has 7 heteroatoms. The summed E-state index contributed by atoms with van der Waals surface area (Å²) in [6, 6.07) is 9.93. The molecule has 4 aliphatic carbocycles. The fourth-order valence-corrected chi connectivity index (χ4v) is 8.75. The Balaban J connectivity index is 1.14. The van der Waals surface area contributed by atoms with Crippen molar-refractivity contribution in [2.24, 2.45) is 47.3 Å². The average molecular weight is 463 g/mol. The van der Waals surface area contributed by atoms with E-state index in [0.29, 0.717) is 30.2 Å². The molecule has 7 nitrogen and oxygen atoms in total. The molecule has 1 N–H and O–H groups in total. The van der Waals surface area contributed by atoms with Gasteiger partial charge >= 0.3 is 0 Å². The van der Waals surface area contributed by atoms with E-state index in [1.54, 1.807) is 0 Å². The fourth-order valence-electron chi connectivity index (χ4n) is 8.75. The maximum Gasteiger partial charge on any atom is 0.237 e. The molecule has 1 aromatic rings. The first-order valence-corrected chi connectivity index (χ1v) is 13.1. The van der Waals surface area contributed by atoms with Gasteiger partial charge in [0.05, 0.1) is 23.7 Å². The number of nitrogens with zero attached hydrogens (tertiary/aromatic N) is 2.